The maximum absolute atomic E-state index is 5.97. The van der Waals surface area contributed by atoms with Gasteiger partial charge in [0.2, 0.25) is 0 Å². The van der Waals surface area contributed by atoms with Crippen molar-refractivity contribution in [3.05, 3.63) is 16.6 Å². The Hall–Kier alpha value is -0.450. The standard InChI is InChI=1S/C11H19N3S/c1-8-7-10(12)3-5-14(8)9(2)11-13-4-6-15-11/h4,6,8-10H,3,5,7,12H2,1-2H3. The zero-order valence-corrected chi connectivity index (χ0v) is 10.2. The van der Waals surface area contributed by atoms with Crippen LogP contribution in [0.4, 0.5) is 0 Å². The van der Waals surface area contributed by atoms with Crippen molar-refractivity contribution in [2.75, 3.05) is 6.54 Å². The lowest BCUT2D eigenvalue weighted by Crippen LogP contribution is -2.46. The zero-order valence-electron chi connectivity index (χ0n) is 9.39. The number of nitrogens with zero attached hydrogens (tertiary/aromatic N) is 2. The highest BCUT2D eigenvalue weighted by Crippen LogP contribution is 2.28. The second kappa shape index (κ2) is 4.60. The number of aromatic nitrogens is 1. The summed E-state index contributed by atoms with van der Waals surface area (Å²) >= 11 is 1.74. The normalized spacial score (nSPS) is 30.3. The molecule has 1 aromatic rings. The summed E-state index contributed by atoms with van der Waals surface area (Å²) in [6.07, 6.45) is 4.10. The van der Waals surface area contributed by atoms with Crippen molar-refractivity contribution in [1.29, 1.82) is 0 Å². The number of piperidine rings is 1. The van der Waals surface area contributed by atoms with Crippen LogP contribution in [0.3, 0.4) is 0 Å². The average Bonchev–Trinajstić information content (AvgIpc) is 2.69. The molecule has 0 saturated carbocycles. The quantitative estimate of drug-likeness (QED) is 0.837. The third-order valence-corrected chi connectivity index (χ3v) is 4.22. The first kappa shape index (κ1) is 11.0. The van der Waals surface area contributed by atoms with Gasteiger partial charge in [-0.1, -0.05) is 0 Å². The first-order valence-electron chi connectivity index (χ1n) is 5.59. The molecule has 0 aliphatic carbocycles. The molecule has 1 aliphatic rings. The Balaban J connectivity index is 2.04. The van der Waals surface area contributed by atoms with Crippen LogP contribution < -0.4 is 5.73 Å². The van der Waals surface area contributed by atoms with Gasteiger partial charge in [0.05, 0.1) is 6.04 Å². The van der Waals surface area contributed by atoms with Crippen LogP contribution >= 0.6 is 11.3 Å². The SMILES string of the molecule is CC1CC(N)CCN1C(C)c1nccs1. The molecule has 0 spiro atoms. The lowest BCUT2D eigenvalue weighted by Gasteiger charge is -2.39. The molecule has 2 heterocycles. The Morgan fingerprint density at radius 2 is 2.47 bits per heavy atom. The van der Waals surface area contributed by atoms with Gasteiger partial charge in [-0.2, -0.15) is 0 Å². The summed E-state index contributed by atoms with van der Waals surface area (Å²) in [5.41, 5.74) is 5.97. The number of rotatable bonds is 2. The second-order valence-electron chi connectivity index (χ2n) is 4.42. The third-order valence-electron chi connectivity index (χ3n) is 3.27. The van der Waals surface area contributed by atoms with Gasteiger partial charge in [-0.15, -0.1) is 11.3 Å². The van der Waals surface area contributed by atoms with Crippen molar-refractivity contribution < 1.29 is 0 Å². The molecule has 1 aromatic heterocycles. The molecule has 3 nitrogen and oxygen atoms in total. The number of likely N-dealkylation sites (tertiary alicyclic amines) is 1. The highest BCUT2D eigenvalue weighted by molar-refractivity contribution is 7.09. The van der Waals surface area contributed by atoms with E-state index in [4.69, 9.17) is 5.73 Å². The van der Waals surface area contributed by atoms with Gasteiger partial charge in [-0.3, -0.25) is 4.90 Å². The molecule has 2 rings (SSSR count). The van der Waals surface area contributed by atoms with Crippen molar-refractivity contribution in [3.63, 3.8) is 0 Å². The molecule has 3 unspecified atom stereocenters. The number of thiazole rings is 1. The van der Waals surface area contributed by atoms with Crippen LogP contribution in [0, 0.1) is 0 Å². The highest BCUT2D eigenvalue weighted by Gasteiger charge is 2.28. The Labute approximate surface area is 95.3 Å². The van der Waals surface area contributed by atoms with Crippen LogP contribution in [0.1, 0.15) is 37.7 Å². The summed E-state index contributed by atoms with van der Waals surface area (Å²) in [6.45, 7) is 5.61. The van der Waals surface area contributed by atoms with Crippen molar-refractivity contribution in [2.24, 2.45) is 5.73 Å². The van der Waals surface area contributed by atoms with E-state index in [2.05, 4.69) is 23.7 Å². The Morgan fingerprint density at radius 3 is 3.07 bits per heavy atom. The van der Waals surface area contributed by atoms with Gasteiger partial charge in [0, 0.05) is 30.2 Å². The van der Waals surface area contributed by atoms with Crippen molar-refractivity contribution >= 4 is 11.3 Å². The third kappa shape index (κ3) is 2.38. The van der Waals surface area contributed by atoms with Crippen LogP contribution in [0.5, 0.6) is 0 Å². The van der Waals surface area contributed by atoms with E-state index in [1.807, 2.05) is 11.6 Å². The molecule has 0 aromatic carbocycles. The van der Waals surface area contributed by atoms with E-state index in [1.54, 1.807) is 11.3 Å². The van der Waals surface area contributed by atoms with E-state index in [0.717, 1.165) is 19.4 Å². The second-order valence-corrected chi connectivity index (χ2v) is 5.34. The molecule has 15 heavy (non-hydrogen) atoms. The predicted octanol–water partition coefficient (Wildman–Crippen LogP) is 2.02. The van der Waals surface area contributed by atoms with Crippen LogP contribution in [-0.2, 0) is 0 Å². The van der Waals surface area contributed by atoms with Crippen molar-refractivity contribution in [2.45, 2.75) is 44.8 Å². The topological polar surface area (TPSA) is 42.1 Å². The van der Waals surface area contributed by atoms with E-state index in [1.165, 1.54) is 5.01 Å². The fourth-order valence-electron chi connectivity index (χ4n) is 2.38. The summed E-state index contributed by atoms with van der Waals surface area (Å²) in [5, 5.41) is 3.27. The smallest absolute Gasteiger partial charge is 0.109 e. The van der Waals surface area contributed by atoms with Gasteiger partial charge in [-0.25, -0.2) is 4.98 Å². The van der Waals surface area contributed by atoms with Gasteiger partial charge in [0.15, 0.2) is 0 Å². The molecule has 0 bridgehead atoms. The highest BCUT2D eigenvalue weighted by atomic mass is 32.1. The minimum Gasteiger partial charge on any atom is -0.328 e. The van der Waals surface area contributed by atoms with E-state index >= 15 is 0 Å². The van der Waals surface area contributed by atoms with Crippen LogP contribution in [0.15, 0.2) is 11.6 Å². The Kier molecular flexibility index (Phi) is 3.38. The Morgan fingerprint density at radius 1 is 1.67 bits per heavy atom. The fraction of sp³-hybridized carbons (Fsp3) is 0.727. The summed E-state index contributed by atoms with van der Waals surface area (Å²) in [7, 11) is 0. The average molecular weight is 225 g/mol. The van der Waals surface area contributed by atoms with E-state index in [-0.39, 0.29) is 0 Å². The molecule has 0 amide bonds. The minimum atomic E-state index is 0.389. The molecule has 3 atom stereocenters. The zero-order chi connectivity index (χ0) is 10.8. The van der Waals surface area contributed by atoms with Gasteiger partial charge >= 0.3 is 0 Å². The molecular formula is C11H19N3S. The molecule has 1 fully saturated rings. The van der Waals surface area contributed by atoms with Crippen molar-refractivity contribution in [1.82, 2.24) is 9.88 Å². The van der Waals surface area contributed by atoms with Gasteiger partial charge < -0.3 is 5.73 Å². The van der Waals surface area contributed by atoms with Crippen molar-refractivity contribution in [3.8, 4) is 0 Å². The lowest BCUT2D eigenvalue weighted by atomic mass is 9.97. The van der Waals surface area contributed by atoms with Gasteiger partial charge in [-0.05, 0) is 26.7 Å². The first-order valence-corrected chi connectivity index (χ1v) is 6.47. The summed E-state index contributed by atoms with van der Waals surface area (Å²) in [6, 6.07) is 1.40. The lowest BCUT2D eigenvalue weighted by molar-refractivity contribution is 0.104. The molecule has 4 heteroatoms. The molecule has 2 N–H and O–H groups in total. The molecule has 84 valence electrons. The summed E-state index contributed by atoms with van der Waals surface area (Å²) < 4.78 is 0. The maximum atomic E-state index is 5.97. The number of hydrogen-bond donors (Lipinski definition) is 1. The minimum absolute atomic E-state index is 0.389. The number of hydrogen-bond acceptors (Lipinski definition) is 4. The summed E-state index contributed by atoms with van der Waals surface area (Å²) in [4.78, 5) is 6.91. The van der Waals surface area contributed by atoms with Gasteiger partial charge in [0.25, 0.3) is 0 Å². The number of nitrogens with two attached hydrogens (primary N) is 1. The van der Waals surface area contributed by atoms with Crippen LogP contribution in [0.25, 0.3) is 0 Å². The maximum Gasteiger partial charge on any atom is 0.109 e. The van der Waals surface area contributed by atoms with E-state index < -0.39 is 0 Å². The molecule has 0 radical (unpaired) electrons. The van der Waals surface area contributed by atoms with Crippen LogP contribution in [0.2, 0.25) is 0 Å². The monoisotopic (exact) mass is 225 g/mol. The van der Waals surface area contributed by atoms with Gasteiger partial charge in [0.1, 0.15) is 5.01 Å². The Bertz CT molecular complexity index is 299. The van der Waals surface area contributed by atoms with Crippen LogP contribution in [-0.4, -0.2) is 28.5 Å². The molecule has 1 aliphatic heterocycles. The largest absolute Gasteiger partial charge is 0.328 e. The van der Waals surface area contributed by atoms with E-state index in [0.29, 0.717) is 18.1 Å². The fourth-order valence-corrected chi connectivity index (χ4v) is 3.10. The first-order chi connectivity index (χ1) is 7.18. The molecule has 1 saturated heterocycles. The predicted molar refractivity (Wildman–Crippen MR) is 63.9 cm³/mol. The van der Waals surface area contributed by atoms with E-state index in [9.17, 15) is 0 Å². The summed E-state index contributed by atoms with van der Waals surface area (Å²) in [5.74, 6) is 0. The molecular weight excluding hydrogens is 206 g/mol.